The van der Waals surface area contributed by atoms with Crippen LogP contribution >= 0.6 is 0 Å². The Morgan fingerprint density at radius 2 is 1.74 bits per heavy atom. The van der Waals surface area contributed by atoms with Crippen LogP contribution in [0.3, 0.4) is 0 Å². The zero-order valence-electron chi connectivity index (χ0n) is 18.8. The number of para-hydroxylation sites is 1. The highest BCUT2D eigenvalue weighted by atomic mass is 16.5. The average Bonchev–Trinajstić information content (AvgIpc) is 3.28. The molecule has 1 N–H and O–H groups in total. The van der Waals surface area contributed by atoms with Crippen molar-refractivity contribution in [1.82, 2.24) is 24.8 Å². The minimum Gasteiger partial charge on any atom is -0.483 e. The molecule has 0 aliphatic heterocycles. The number of ether oxygens (including phenoxy) is 1. The number of hydrogen-bond donors (Lipinski definition) is 1. The van der Waals surface area contributed by atoms with Gasteiger partial charge in [-0.1, -0.05) is 36.4 Å². The Balaban J connectivity index is 1.35. The summed E-state index contributed by atoms with van der Waals surface area (Å²) in [4.78, 5) is 16.9. The topological polar surface area (TPSA) is 94.3 Å². The van der Waals surface area contributed by atoms with Crippen molar-refractivity contribution in [1.29, 1.82) is 0 Å². The lowest BCUT2D eigenvalue weighted by molar-refractivity contribution is -0.118. The van der Waals surface area contributed by atoms with Crippen LogP contribution in [0, 0.1) is 13.8 Å². The molecule has 0 saturated carbocycles. The van der Waals surface area contributed by atoms with E-state index in [0.717, 1.165) is 22.4 Å². The molecule has 2 aromatic carbocycles. The lowest BCUT2D eigenvalue weighted by atomic mass is 10.1. The molecule has 0 atom stereocenters. The van der Waals surface area contributed by atoms with Gasteiger partial charge in [0.25, 0.3) is 5.91 Å². The first kappa shape index (κ1) is 21.3. The second-order valence-corrected chi connectivity index (χ2v) is 7.87. The average molecular weight is 451 g/mol. The van der Waals surface area contributed by atoms with Crippen LogP contribution in [0.4, 0.5) is 5.69 Å². The Kier molecular flexibility index (Phi) is 5.70. The van der Waals surface area contributed by atoms with E-state index in [1.807, 2.05) is 86.6 Å². The molecule has 0 unspecified atom stereocenters. The highest BCUT2D eigenvalue weighted by Crippen LogP contribution is 2.24. The van der Waals surface area contributed by atoms with Gasteiger partial charge in [0.15, 0.2) is 12.3 Å². The third-order valence-corrected chi connectivity index (χ3v) is 5.36. The molecule has 3 heterocycles. The molecule has 34 heavy (non-hydrogen) atoms. The SMILES string of the molecule is Cc1cccc(C)c1OCC(=O)Nc1cccc(-c2ccc3nnc(-c4ccccn4)n3n2)c1. The van der Waals surface area contributed by atoms with Crippen LogP contribution < -0.4 is 10.1 Å². The fraction of sp³-hybridized carbons (Fsp3) is 0.115. The Hall–Kier alpha value is -4.59. The standard InChI is InChI=1S/C26H22N6O2/c1-17-7-5-8-18(2)25(17)34-16-24(33)28-20-10-6-9-19(15-20)21-12-13-23-29-30-26(32(23)31-21)22-11-3-4-14-27-22/h3-15H,16H2,1-2H3,(H,28,33). The second-order valence-electron chi connectivity index (χ2n) is 7.87. The molecule has 5 rings (SSSR count). The van der Waals surface area contributed by atoms with Gasteiger partial charge >= 0.3 is 0 Å². The van der Waals surface area contributed by atoms with E-state index < -0.39 is 0 Å². The van der Waals surface area contributed by atoms with E-state index in [0.29, 0.717) is 28.5 Å². The lowest BCUT2D eigenvalue weighted by Gasteiger charge is -2.12. The molecular weight excluding hydrogens is 428 g/mol. The predicted molar refractivity (Wildman–Crippen MR) is 129 cm³/mol. The molecule has 0 bridgehead atoms. The van der Waals surface area contributed by atoms with E-state index >= 15 is 0 Å². The van der Waals surface area contributed by atoms with Crippen LogP contribution in [-0.2, 0) is 4.79 Å². The lowest BCUT2D eigenvalue weighted by Crippen LogP contribution is -2.20. The van der Waals surface area contributed by atoms with Crippen molar-refractivity contribution in [3.05, 3.63) is 90.1 Å². The van der Waals surface area contributed by atoms with Gasteiger partial charge in [0.05, 0.1) is 5.69 Å². The number of anilines is 1. The first-order valence-corrected chi connectivity index (χ1v) is 10.8. The summed E-state index contributed by atoms with van der Waals surface area (Å²) in [5.41, 5.74) is 5.51. The van der Waals surface area contributed by atoms with Crippen molar-refractivity contribution in [2.24, 2.45) is 0 Å². The summed E-state index contributed by atoms with van der Waals surface area (Å²) in [6, 6.07) is 22.7. The van der Waals surface area contributed by atoms with Crippen molar-refractivity contribution in [2.45, 2.75) is 13.8 Å². The monoisotopic (exact) mass is 450 g/mol. The van der Waals surface area contributed by atoms with E-state index in [9.17, 15) is 4.79 Å². The summed E-state index contributed by atoms with van der Waals surface area (Å²) < 4.78 is 7.43. The van der Waals surface area contributed by atoms with E-state index in [1.165, 1.54) is 0 Å². The highest BCUT2D eigenvalue weighted by Gasteiger charge is 2.13. The zero-order valence-corrected chi connectivity index (χ0v) is 18.8. The van der Waals surface area contributed by atoms with E-state index in [-0.39, 0.29) is 12.5 Å². The number of nitrogens with zero attached hydrogens (tertiary/aromatic N) is 5. The molecule has 8 nitrogen and oxygen atoms in total. The smallest absolute Gasteiger partial charge is 0.262 e. The third kappa shape index (κ3) is 4.33. The minimum absolute atomic E-state index is 0.0751. The first-order valence-electron chi connectivity index (χ1n) is 10.8. The summed E-state index contributed by atoms with van der Waals surface area (Å²) in [6.45, 7) is 3.85. The molecule has 0 saturated heterocycles. The van der Waals surface area contributed by atoms with Gasteiger partial charge in [0, 0.05) is 17.4 Å². The van der Waals surface area contributed by atoms with Crippen molar-refractivity contribution in [2.75, 3.05) is 11.9 Å². The number of hydrogen-bond acceptors (Lipinski definition) is 6. The maximum absolute atomic E-state index is 12.5. The highest BCUT2D eigenvalue weighted by molar-refractivity contribution is 5.92. The fourth-order valence-corrected chi connectivity index (χ4v) is 3.72. The molecular formula is C26H22N6O2. The molecule has 0 aliphatic carbocycles. The van der Waals surface area contributed by atoms with Gasteiger partial charge in [-0.2, -0.15) is 9.61 Å². The number of nitrogens with one attached hydrogen (secondary N) is 1. The Morgan fingerprint density at radius 1 is 0.912 bits per heavy atom. The normalized spacial score (nSPS) is 10.9. The Labute approximate surface area is 196 Å². The number of carbonyl (C=O) groups is 1. The number of amides is 1. The van der Waals surface area contributed by atoms with Crippen molar-refractivity contribution in [3.8, 4) is 28.5 Å². The number of pyridine rings is 1. The van der Waals surface area contributed by atoms with Crippen molar-refractivity contribution in [3.63, 3.8) is 0 Å². The number of rotatable bonds is 6. The van der Waals surface area contributed by atoms with Crippen LogP contribution in [-0.4, -0.2) is 37.3 Å². The van der Waals surface area contributed by atoms with E-state index in [1.54, 1.807) is 10.7 Å². The van der Waals surface area contributed by atoms with Crippen LogP contribution in [0.25, 0.3) is 28.4 Å². The van der Waals surface area contributed by atoms with Crippen LogP contribution in [0.1, 0.15) is 11.1 Å². The van der Waals surface area contributed by atoms with Crippen molar-refractivity contribution >= 4 is 17.2 Å². The van der Waals surface area contributed by atoms with Crippen LogP contribution in [0.15, 0.2) is 79.0 Å². The summed E-state index contributed by atoms with van der Waals surface area (Å²) >= 11 is 0. The number of aryl methyl sites for hydroxylation is 2. The van der Waals surface area contributed by atoms with Gasteiger partial charge in [-0.25, -0.2) is 0 Å². The van der Waals surface area contributed by atoms with Crippen molar-refractivity contribution < 1.29 is 9.53 Å². The molecule has 0 radical (unpaired) electrons. The maximum atomic E-state index is 12.5. The second kappa shape index (κ2) is 9.11. The van der Waals surface area contributed by atoms with Gasteiger partial charge in [0.1, 0.15) is 11.4 Å². The molecule has 168 valence electrons. The number of aromatic nitrogens is 5. The molecule has 0 spiro atoms. The summed E-state index contributed by atoms with van der Waals surface area (Å²) in [5.74, 6) is 1.06. The first-order chi connectivity index (χ1) is 16.6. The third-order valence-electron chi connectivity index (χ3n) is 5.36. The number of fused-ring (bicyclic) bond motifs is 1. The molecule has 5 aromatic rings. The Morgan fingerprint density at radius 3 is 2.53 bits per heavy atom. The van der Waals surface area contributed by atoms with Gasteiger partial charge in [0.2, 0.25) is 5.82 Å². The van der Waals surface area contributed by atoms with Crippen LogP contribution in [0.5, 0.6) is 5.75 Å². The summed E-state index contributed by atoms with van der Waals surface area (Å²) in [5, 5.41) is 16.0. The fourth-order valence-electron chi connectivity index (χ4n) is 3.72. The Bertz CT molecular complexity index is 1460. The van der Waals surface area contributed by atoms with Crippen LogP contribution in [0.2, 0.25) is 0 Å². The molecule has 0 aliphatic rings. The molecule has 8 heteroatoms. The molecule has 3 aromatic heterocycles. The summed E-state index contributed by atoms with van der Waals surface area (Å²) in [7, 11) is 0. The molecule has 1 amide bonds. The predicted octanol–water partition coefficient (Wildman–Crippen LogP) is 4.49. The molecule has 0 fully saturated rings. The zero-order chi connectivity index (χ0) is 23.5. The van der Waals surface area contributed by atoms with E-state index in [4.69, 9.17) is 9.84 Å². The van der Waals surface area contributed by atoms with E-state index in [2.05, 4.69) is 20.5 Å². The van der Waals surface area contributed by atoms with Gasteiger partial charge in [-0.3, -0.25) is 9.78 Å². The van der Waals surface area contributed by atoms with Gasteiger partial charge < -0.3 is 10.1 Å². The maximum Gasteiger partial charge on any atom is 0.262 e. The largest absolute Gasteiger partial charge is 0.483 e. The minimum atomic E-state index is -0.237. The van der Waals surface area contributed by atoms with Gasteiger partial charge in [-0.15, -0.1) is 10.2 Å². The number of benzene rings is 2. The summed E-state index contributed by atoms with van der Waals surface area (Å²) in [6.07, 6.45) is 1.70. The quantitative estimate of drug-likeness (QED) is 0.410. The number of carbonyl (C=O) groups excluding carboxylic acids is 1. The van der Waals surface area contributed by atoms with Gasteiger partial charge in [-0.05, 0) is 61.4 Å².